The third-order valence-electron chi connectivity index (χ3n) is 2.66. The second kappa shape index (κ2) is 5.68. The Morgan fingerprint density at radius 2 is 2.00 bits per heavy atom. The standard InChI is InChI=1S/C13H7ClN2O5/c14-9-4-3-7(6-10(9)16(20)21)12(17)11-8(13(18)19)2-1-5-15-11/h1-6H,(H,18,19). The van der Waals surface area contributed by atoms with Gasteiger partial charge in [-0.3, -0.25) is 19.9 Å². The lowest BCUT2D eigenvalue weighted by molar-refractivity contribution is -0.384. The van der Waals surface area contributed by atoms with Crippen LogP contribution in [0.4, 0.5) is 5.69 Å². The summed E-state index contributed by atoms with van der Waals surface area (Å²) in [7, 11) is 0. The Hall–Kier alpha value is -2.80. The maximum Gasteiger partial charge on any atom is 0.338 e. The smallest absolute Gasteiger partial charge is 0.338 e. The lowest BCUT2D eigenvalue weighted by Gasteiger charge is -2.04. The molecule has 0 aliphatic rings. The molecule has 0 fully saturated rings. The summed E-state index contributed by atoms with van der Waals surface area (Å²) in [6.07, 6.45) is 1.27. The molecule has 1 N–H and O–H groups in total. The number of nitrogens with zero attached hydrogens (tertiary/aromatic N) is 2. The Kier molecular flexibility index (Phi) is 3.95. The predicted molar refractivity (Wildman–Crippen MR) is 72.7 cm³/mol. The summed E-state index contributed by atoms with van der Waals surface area (Å²) in [5.41, 5.74) is -1.07. The second-order valence-corrected chi connectivity index (χ2v) is 4.36. The maximum absolute atomic E-state index is 12.3. The van der Waals surface area contributed by atoms with Crippen molar-refractivity contribution < 1.29 is 19.6 Å². The number of rotatable bonds is 4. The molecule has 1 aromatic carbocycles. The number of hydrogen-bond acceptors (Lipinski definition) is 5. The average Bonchev–Trinajstić information content (AvgIpc) is 2.46. The molecule has 0 bridgehead atoms. The van der Waals surface area contributed by atoms with Gasteiger partial charge in [-0.1, -0.05) is 11.6 Å². The van der Waals surface area contributed by atoms with Gasteiger partial charge in [-0.15, -0.1) is 0 Å². The van der Waals surface area contributed by atoms with Crippen LogP contribution >= 0.6 is 11.6 Å². The molecule has 0 saturated heterocycles. The highest BCUT2D eigenvalue weighted by Gasteiger charge is 2.22. The van der Waals surface area contributed by atoms with E-state index in [2.05, 4.69) is 4.98 Å². The van der Waals surface area contributed by atoms with Gasteiger partial charge in [0.1, 0.15) is 10.7 Å². The summed E-state index contributed by atoms with van der Waals surface area (Å²) in [6, 6.07) is 6.08. The molecule has 2 aromatic rings. The normalized spacial score (nSPS) is 10.1. The summed E-state index contributed by atoms with van der Waals surface area (Å²) in [6.45, 7) is 0. The minimum absolute atomic E-state index is 0.0627. The number of nitro groups is 1. The SMILES string of the molecule is O=C(O)c1cccnc1C(=O)c1ccc(Cl)c([N+](=O)[O-])c1. The highest BCUT2D eigenvalue weighted by atomic mass is 35.5. The quantitative estimate of drug-likeness (QED) is 0.528. The molecule has 0 spiro atoms. The predicted octanol–water partition coefficient (Wildman–Crippen LogP) is 2.57. The van der Waals surface area contributed by atoms with Crippen LogP contribution in [0.5, 0.6) is 0 Å². The Morgan fingerprint density at radius 3 is 2.62 bits per heavy atom. The van der Waals surface area contributed by atoms with Gasteiger partial charge in [-0.25, -0.2) is 4.79 Å². The number of carbonyl (C=O) groups excluding carboxylic acids is 1. The van der Waals surface area contributed by atoms with Gasteiger partial charge < -0.3 is 5.11 Å². The number of nitro benzene ring substituents is 1. The van der Waals surface area contributed by atoms with Crippen molar-refractivity contribution in [2.45, 2.75) is 0 Å². The third-order valence-corrected chi connectivity index (χ3v) is 2.98. The maximum atomic E-state index is 12.3. The fraction of sp³-hybridized carbons (Fsp3) is 0. The monoisotopic (exact) mass is 306 g/mol. The first-order chi connectivity index (χ1) is 9.91. The van der Waals surface area contributed by atoms with Gasteiger partial charge in [0.15, 0.2) is 0 Å². The molecule has 0 aliphatic heterocycles. The molecule has 2 rings (SSSR count). The van der Waals surface area contributed by atoms with E-state index in [9.17, 15) is 19.7 Å². The van der Waals surface area contributed by atoms with Crippen molar-refractivity contribution in [1.29, 1.82) is 0 Å². The summed E-state index contributed by atoms with van der Waals surface area (Å²) >= 11 is 5.66. The minimum atomic E-state index is -1.31. The van der Waals surface area contributed by atoms with Crippen LogP contribution in [0.2, 0.25) is 5.02 Å². The summed E-state index contributed by atoms with van der Waals surface area (Å²) in [5, 5.41) is 19.7. The largest absolute Gasteiger partial charge is 0.478 e. The zero-order valence-electron chi connectivity index (χ0n) is 10.3. The van der Waals surface area contributed by atoms with Crippen LogP contribution < -0.4 is 0 Å². The third kappa shape index (κ3) is 2.87. The molecule has 1 aromatic heterocycles. The fourth-order valence-corrected chi connectivity index (χ4v) is 1.88. The van der Waals surface area contributed by atoms with Crippen molar-refractivity contribution >= 4 is 29.0 Å². The Labute approximate surface area is 123 Å². The van der Waals surface area contributed by atoms with Gasteiger partial charge in [0.25, 0.3) is 5.69 Å². The first kappa shape index (κ1) is 14.6. The Bertz CT molecular complexity index is 760. The molecule has 0 saturated carbocycles. The molecule has 21 heavy (non-hydrogen) atoms. The van der Waals surface area contributed by atoms with E-state index in [0.717, 1.165) is 6.07 Å². The van der Waals surface area contributed by atoms with Gasteiger partial charge in [0.05, 0.1) is 10.5 Å². The number of carboxylic acid groups (broad SMARTS) is 1. The molecule has 0 unspecified atom stereocenters. The van der Waals surface area contributed by atoms with Gasteiger partial charge in [-0.05, 0) is 24.3 Å². The van der Waals surface area contributed by atoms with Crippen LogP contribution in [0, 0.1) is 10.1 Å². The van der Waals surface area contributed by atoms with E-state index in [1.165, 1.54) is 30.5 Å². The number of benzene rings is 1. The van der Waals surface area contributed by atoms with E-state index >= 15 is 0 Å². The Balaban J connectivity index is 2.53. The van der Waals surface area contributed by atoms with E-state index in [0.29, 0.717) is 0 Å². The number of ketones is 1. The first-order valence-electron chi connectivity index (χ1n) is 5.58. The van der Waals surface area contributed by atoms with Gasteiger partial charge in [0.2, 0.25) is 5.78 Å². The van der Waals surface area contributed by atoms with Gasteiger partial charge >= 0.3 is 5.97 Å². The summed E-state index contributed by atoms with van der Waals surface area (Å²) in [4.78, 5) is 37.2. The summed E-state index contributed by atoms with van der Waals surface area (Å²) in [5.74, 6) is -2.04. The lowest BCUT2D eigenvalue weighted by atomic mass is 10.0. The van der Waals surface area contributed by atoms with Crippen LogP contribution in [-0.4, -0.2) is 26.8 Å². The van der Waals surface area contributed by atoms with Gasteiger partial charge in [0, 0.05) is 17.8 Å². The molecule has 0 amide bonds. The number of aromatic carboxylic acids is 1. The molecule has 8 heteroatoms. The van der Waals surface area contributed by atoms with Crippen molar-refractivity contribution in [1.82, 2.24) is 4.98 Å². The number of carboxylic acids is 1. The molecular weight excluding hydrogens is 300 g/mol. The molecular formula is C13H7ClN2O5. The fourth-order valence-electron chi connectivity index (χ4n) is 1.69. The van der Waals surface area contributed by atoms with E-state index in [1.807, 2.05) is 0 Å². The first-order valence-corrected chi connectivity index (χ1v) is 5.96. The molecule has 106 valence electrons. The van der Waals surface area contributed by atoms with E-state index in [1.54, 1.807) is 0 Å². The zero-order valence-corrected chi connectivity index (χ0v) is 11.1. The minimum Gasteiger partial charge on any atom is -0.478 e. The molecule has 0 radical (unpaired) electrons. The molecule has 7 nitrogen and oxygen atoms in total. The van der Waals surface area contributed by atoms with Crippen molar-refractivity contribution in [2.24, 2.45) is 0 Å². The van der Waals surface area contributed by atoms with E-state index in [-0.39, 0.29) is 21.8 Å². The van der Waals surface area contributed by atoms with Crippen LogP contribution in [0.25, 0.3) is 0 Å². The van der Waals surface area contributed by atoms with Crippen LogP contribution in [-0.2, 0) is 0 Å². The number of carbonyl (C=O) groups is 2. The second-order valence-electron chi connectivity index (χ2n) is 3.96. The number of halogens is 1. The van der Waals surface area contributed by atoms with Crippen molar-refractivity contribution in [3.63, 3.8) is 0 Å². The van der Waals surface area contributed by atoms with Gasteiger partial charge in [-0.2, -0.15) is 0 Å². The number of aromatic nitrogens is 1. The highest BCUT2D eigenvalue weighted by Crippen LogP contribution is 2.26. The molecule has 0 atom stereocenters. The summed E-state index contributed by atoms with van der Waals surface area (Å²) < 4.78 is 0. The van der Waals surface area contributed by atoms with Crippen molar-refractivity contribution in [3.8, 4) is 0 Å². The number of pyridine rings is 1. The van der Waals surface area contributed by atoms with E-state index in [4.69, 9.17) is 16.7 Å². The zero-order chi connectivity index (χ0) is 15.6. The van der Waals surface area contributed by atoms with Crippen molar-refractivity contribution in [3.05, 3.63) is 68.5 Å². The topological polar surface area (TPSA) is 110 Å². The van der Waals surface area contributed by atoms with Crippen LogP contribution in [0.3, 0.4) is 0 Å². The molecule has 1 heterocycles. The van der Waals surface area contributed by atoms with E-state index < -0.39 is 22.4 Å². The van der Waals surface area contributed by atoms with Crippen LogP contribution in [0.1, 0.15) is 26.4 Å². The Morgan fingerprint density at radius 1 is 1.29 bits per heavy atom. The molecule has 0 aliphatic carbocycles. The van der Waals surface area contributed by atoms with Crippen molar-refractivity contribution in [2.75, 3.05) is 0 Å². The highest BCUT2D eigenvalue weighted by molar-refractivity contribution is 6.32. The lowest BCUT2D eigenvalue weighted by Crippen LogP contribution is -2.12. The number of hydrogen-bond donors (Lipinski definition) is 1. The average molecular weight is 307 g/mol. The van der Waals surface area contributed by atoms with Crippen LogP contribution in [0.15, 0.2) is 36.5 Å².